The zero-order valence-corrected chi connectivity index (χ0v) is 11.2. The van der Waals surface area contributed by atoms with Crippen molar-refractivity contribution in [2.45, 2.75) is 50.8 Å². The van der Waals surface area contributed by atoms with Crippen LogP contribution < -0.4 is 0 Å². The van der Waals surface area contributed by atoms with Gasteiger partial charge in [-0.2, -0.15) is 0 Å². The molecule has 0 N–H and O–H groups in total. The molecule has 0 aliphatic rings. The summed E-state index contributed by atoms with van der Waals surface area (Å²) in [6.45, 7) is 2.26. The van der Waals surface area contributed by atoms with Crippen molar-refractivity contribution in [3.05, 3.63) is 35.4 Å². The van der Waals surface area contributed by atoms with E-state index in [2.05, 4.69) is 47.1 Å². The molecule has 0 amide bonds. The lowest BCUT2D eigenvalue weighted by atomic mass is 10.0. The lowest BCUT2D eigenvalue weighted by Crippen LogP contribution is -1.87. The summed E-state index contributed by atoms with van der Waals surface area (Å²) in [6.07, 6.45) is 8.08. The van der Waals surface area contributed by atoms with Crippen molar-refractivity contribution >= 4 is 15.9 Å². The van der Waals surface area contributed by atoms with Gasteiger partial charge in [0.25, 0.3) is 0 Å². The highest BCUT2D eigenvalue weighted by Crippen LogP contribution is 2.12. The first-order valence-corrected chi connectivity index (χ1v) is 7.12. The monoisotopic (exact) mass is 268 g/mol. The number of halogens is 1. The first kappa shape index (κ1) is 12.8. The number of aryl methyl sites for hydroxylation is 1. The van der Waals surface area contributed by atoms with Crippen molar-refractivity contribution in [3.63, 3.8) is 0 Å². The van der Waals surface area contributed by atoms with E-state index in [0.717, 1.165) is 5.33 Å². The highest BCUT2D eigenvalue weighted by atomic mass is 79.9. The summed E-state index contributed by atoms with van der Waals surface area (Å²) < 4.78 is 0. The fourth-order valence-electron chi connectivity index (χ4n) is 1.80. The average molecular weight is 269 g/mol. The fourth-order valence-corrected chi connectivity index (χ4v) is 2.15. The minimum absolute atomic E-state index is 0.969. The number of unbranched alkanes of at least 4 members (excludes halogenated alkanes) is 4. The molecule has 0 spiro atoms. The minimum atomic E-state index is 0.969. The van der Waals surface area contributed by atoms with Crippen LogP contribution in [0.4, 0.5) is 0 Å². The number of alkyl halides is 1. The van der Waals surface area contributed by atoms with Gasteiger partial charge in [0.05, 0.1) is 0 Å². The Hall–Kier alpha value is -0.300. The summed E-state index contributed by atoms with van der Waals surface area (Å²) in [6, 6.07) is 8.90. The summed E-state index contributed by atoms with van der Waals surface area (Å²) in [7, 11) is 0. The molecule has 0 radical (unpaired) electrons. The van der Waals surface area contributed by atoms with Gasteiger partial charge in [-0.05, 0) is 24.0 Å². The molecule has 0 saturated heterocycles. The molecule has 0 aliphatic carbocycles. The van der Waals surface area contributed by atoms with Crippen LogP contribution in [0, 0.1) is 0 Å². The van der Waals surface area contributed by atoms with E-state index in [-0.39, 0.29) is 0 Å². The molecule has 1 aromatic carbocycles. The summed E-state index contributed by atoms with van der Waals surface area (Å²) in [5, 5.41) is 0.969. The van der Waals surface area contributed by atoms with Crippen molar-refractivity contribution in [1.29, 1.82) is 0 Å². The van der Waals surface area contributed by atoms with E-state index >= 15 is 0 Å². The SMILES string of the molecule is CCCCCCCc1cccc(CBr)c1. The first-order chi connectivity index (χ1) is 7.36. The Bertz CT molecular complexity index is 268. The molecular formula is C14H21Br. The highest BCUT2D eigenvalue weighted by molar-refractivity contribution is 9.08. The quantitative estimate of drug-likeness (QED) is 0.477. The van der Waals surface area contributed by atoms with Crippen molar-refractivity contribution in [2.24, 2.45) is 0 Å². The number of hydrogen-bond acceptors (Lipinski definition) is 0. The predicted octanol–water partition coefficient (Wildman–Crippen LogP) is 5.09. The third-order valence-corrected chi connectivity index (χ3v) is 3.36. The van der Waals surface area contributed by atoms with Gasteiger partial charge in [0.15, 0.2) is 0 Å². The average Bonchev–Trinajstić information content (AvgIpc) is 2.29. The second-order valence-corrected chi connectivity index (χ2v) is 4.68. The van der Waals surface area contributed by atoms with Crippen LogP contribution in [0.2, 0.25) is 0 Å². The molecule has 0 unspecified atom stereocenters. The number of hydrogen-bond donors (Lipinski definition) is 0. The summed E-state index contributed by atoms with van der Waals surface area (Å²) in [5.74, 6) is 0. The first-order valence-electron chi connectivity index (χ1n) is 6.00. The second-order valence-electron chi connectivity index (χ2n) is 4.12. The molecule has 0 fully saturated rings. The van der Waals surface area contributed by atoms with Crippen LogP contribution in [0.15, 0.2) is 24.3 Å². The topological polar surface area (TPSA) is 0 Å². The molecule has 0 bridgehead atoms. The van der Waals surface area contributed by atoms with Crippen LogP contribution in [0.1, 0.15) is 50.2 Å². The summed E-state index contributed by atoms with van der Waals surface area (Å²) in [5.41, 5.74) is 2.88. The van der Waals surface area contributed by atoms with Gasteiger partial charge in [0.2, 0.25) is 0 Å². The van der Waals surface area contributed by atoms with Crippen molar-refractivity contribution in [1.82, 2.24) is 0 Å². The van der Waals surface area contributed by atoms with Gasteiger partial charge in [0, 0.05) is 5.33 Å². The zero-order valence-electron chi connectivity index (χ0n) is 9.64. The van der Waals surface area contributed by atoms with Crippen LogP contribution in [-0.2, 0) is 11.8 Å². The van der Waals surface area contributed by atoms with Gasteiger partial charge >= 0.3 is 0 Å². The van der Waals surface area contributed by atoms with E-state index in [4.69, 9.17) is 0 Å². The van der Waals surface area contributed by atoms with Crippen LogP contribution in [0.25, 0.3) is 0 Å². The van der Waals surface area contributed by atoms with E-state index in [1.54, 1.807) is 0 Å². The molecule has 15 heavy (non-hydrogen) atoms. The van der Waals surface area contributed by atoms with Gasteiger partial charge in [-0.25, -0.2) is 0 Å². The van der Waals surface area contributed by atoms with Crippen molar-refractivity contribution in [3.8, 4) is 0 Å². The Morgan fingerprint density at radius 2 is 1.73 bits per heavy atom. The number of rotatable bonds is 7. The Morgan fingerprint density at radius 3 is 2.47 bits per heavy atom. The fraction of sp³-hybridized carbons (Fsp3) is 0.571. The maximum Gasteiger partial charge on any atom is 0.0283 e. The second kappa shape index (κ2) is 7.92. The minimum Gasteiger partial charge on any atom is -0.0876 e. The molecule has 0 aliphatic heterocycles. The van der Waals surface area contributed by atoms with Crippen LogP contribution in [-0.4, -0.2) is 0 Å². The van der Waals surface area contributed by atoms with E-state index in [1.165, 1.54) is 49.7 Å². The molecule has 0 aromatic heterocycles. The molecule has 0 saturated carbocycles. The van der Waals surface area contributed by atoms with Gasteiger partial charge in [-0.3, -0.25) is 0 Å². The Kier molecular flexibility index (Phi) is 6.74. The van der Waals surface area contributed by atoms with E-state index < -0.39 is 0 Å². The van der Waals surface area contributed by atoms with E-state index in [0.29, 0.717) is 0 Å². The van der Waals surface area contributed by atoms with E-state index in [9.17, 15) is 0 Å². The van der Waals surface area contributed by atoms with Gasteiger partial charge in [-0.15, -0.1) is 0 Å². The smallest absolute Gasteiger partial charge is 0.0283 e. The van der Waals surface area contributed by atoms with E-state index in [1.807, 2.05) is 0 Å². The van der Waals surface area contributed by atoms with Gasteiger partial charge in [-0.1, -0.05) is 72.8 Å². The maximum atomic E-state index is 3.49. The molecule has 1 heteroatoms. The molecule has 84 valence electrons. The van der Waals surface area contributed by atoms with Gasteiger partial charge < -0.3 is 0 Å². The molecular weight excluding hydrogens is 248 g/mol. The predicted molar refractivity (Wildman–Crippen MR) is 71.5 cm³/mol. The van der Waals surface area contributed by atoms with Crippen LogP contribution >= 0.6 is 15.9 Å². The van der Waals surface area contributed by atoms with Gasteiger partial charge in [0.1, 0.15) is 0 Å². The lowest BCUT2D eigenvalue weighted by molar-refractivity contribution is 0.632. The standard InChI is InChI=1S/C14H21Br/c1-2-3-4-5-6-8-13-9-7-10-14(11-13)12-15/h7,9-11H,2-6,8,12H2,1H3. The third-order valence-electron chi connectivity index (χ3n) is 2.71. The largest absolute Gasteiger partial charge is 0.0876 e. The molecule has 0 atom stereocenters. The van der Waals surface area contributed by atoms with Crippen molar-refractivity contribution < 1.29 is 0 Å². The maximum absolute atomic E-state index is 3.49. The van der Waals surface area contributed by atoms with Crippen molar-refractivity contribution in [2.75, 3.05) is 0 Å². The zero-order chi connectivity index (χ0) is 10.9. The molecule has 0 nitrogen and oxygen atoms in total. The third kappa shape index (κ3) is 5.36. The summed E-state index contributed by atoms with van der Waals surface area (Å²) >= 11 is 3.49. The van der Waals surface area contributed by atoms with Crippen LogP contribution in [0.5, 0.6) is 0 Å². The Balaban J connectivity index is 2.24. The number of benzene rings is 1. The Labute approximate surface area is 102 Å². The normalized spacial score (nSPS) is 10.5. The molecule has 0 heterocycles. The lowest BCUT2D eigenvalue weighted by Gasteiger charge is -2.03. The molecule has 1 rings (SSSR count). The van der Waals surface area contributed by atoms with Crippen LogP contribution in [0.3, 0.4) is 0 Å². The highest BCUT2D eigenvalue weighted by Gasteiger charge is 1.95. The summed E-state index contributed by atoms with van der Waals surface area (Å²) in [4.78, 5) is 0. The Morgan fingerprint density at radius 1 is 1.00 bits per heavy atom. The molecule has 1 aromatic rings.